The molecule has 4 nitrogen and oxygen atoms in total. The number of carbonyl (C=O) groups is 1. The molecule has 1 aliphatic rings. The smallest absolute Gasteiger partial charge is 0.217 e. The van der Waals surface area contributed by atoms with E-state index in [0.29, 0.717) is 0 Å². The molecular weight excluding hydrogens is 132 g/mol. The Balaban J connectivity index is 2.40. The van der Waals surface area contributed by atoms with Crippen LogP contribution in [0.25, 0.3) is 0 Å². The lowest BCUT2D eigenvalue weighted by molar-refractivity contribution is -0.119. The minimum Gasteiger partial charge on any atom is -0.365 e. The molecule has 0 saturated heterocycles. The molecule has 10 heavy (non-hydrogen) atoms. The predicted molar refractivity (Wildman–Crippen MR) is 36.3 cm³/mol. The largest absolute Gasteiger partial charge is 0.365 e. The fourth-order valence-electron chi connectivity index (χ4n) is 0.625. The molecule has 4 heteroatoms. The van der Waals surface area contributed by atoms with Gasteiger partial charge in [-0.05, 0) is 6.08 Å². The van der Waals surface area contributed by atoms with Crippen molar-refractivity contribution >= 4 is 12.1 Å². The molecule has 1 unspecified atom stereocenters. The first-order valence-corrected chi connectivity index (χ1v) is 2.92. The summed E-state index contributed by atoms with van der Waals surface area (Å²) in [6, 6.07) is -0.119. The molecule has 1 aliphatic heterocycles. The van der Waals surface area contributed by atoms with Crippen molar-refractivity contribution in [2.24, 2.45) is 5.16 Å². The maximum atomic E-state index is 10.5. The van der Waals surface area contributed by atoms with Crippen LogP contribution in [0, 0.1) is 0 Å². The Labute approximate surface area is 58.5 Å². The highest BCUT2D eigenvalue weighted by molar-refractivity contribution is 5.79. The number of rotatable bonds is 1. The predicted octanol–water partition coefficient (Wildman–Crippen LogP) is 0.0208. The van der Waals surface area contributed by atoms with Gasteiger partial charge in [-0.15, -0.1) is 0 Å². The van der Waals surface area contributed by atoms with Crippen LogP contribution in [-0.2, 0) is 9.63 Å². The van der Waals surface area contributed by atoms with E-state index in [4.69, 9.17) is 0 Å². The maximum absolute atomic E-state index is 10.5. The third kappa shape index (κ3) is 1.89. The zero-order valence-electron chi connectivity index (χ0n) is 5.57. The molecular formula is C6H8N2O2. The summed E-state index contributed by atoms with van der Waals surface area (Å²) in [7, 11) is 0. The van der Waals surface area contributed by atoms with Gasteiger partial charge < -0.3 is 10.2 Å². The van der Waals surface area contributed by atoms with Gasteiger partial charge in [0.05, 0.1) is 12.3 Å². The molecule has 1 atom stereocenters. The second-order valence-electron chi connectivity index (χ2n) is 1.91. The van der Waals surface area contributed by atoms with Gasteiger partial charge in [0.1, 0.15) is 6.26 Å². The molecule has 54 valence electrons. The van der Waals surface area contributed by atoms with Gasteiger partial charge >= 0.3 is 0 Å². The van der Waals surface area contributed by atoms with Crippen molar-refractivity contribution in [2.75, 3.05) is 0 Å². The third-order valence-electron chi connectivity index (χ3n) is 0.999. The molecule has 0 aliphatic carbocycles. The van der Waals surface area contributed by atoms with Crippen LogP contribution >= 0.6 is 0 Å². The van der Waals surface area contributed by atoms with E-state index < -0.39 is 0 Å². The first-order valence-electron chi connectivity index (χ1n) is 2.92. The van der Waals surface area contributed by atoms with Crippen molar-refractivity contribution in [3.8, 4) is 0 Å². The van der Waals surface area contributed by atoms with E-state index in [0.717, 1.165) is 0 Å². The van der Waals surface area contributed by atoms with Crippen molar-refractivity contribution in [1.29, 1.82) is 0 Å². The average molecular weight is 140 g/mol. The fraction of sp³-hybridized carbons (Fsp3) is 0.333. The molecule has 0 spiro atoms. The highest BCUT2D eigenvalue weighted by atomic mass is 16.6. The summed E-state index contributed by atoms with van der Waals surface area (Å²) < 4.78 is 0. The molecule has 0 aromatic carbocycles. The van der Waals surface area contributed by atoms with Gasteiger partial charge in [-0.3, -0.25) is 4.79 Å². The standard InChI is InChI=1S/C6H8N2O2/c1-5(9)8-6-2-3-10-7-4-6/h2-4,6H,1H3,(H,8,9). The molecule has 0 bridgehead atoms. The summed E-state index contributed by atoms with van der Waals surface area (Å²) in [6.45, 7) is 1.46. The maximum Gasteiger partial charge on any atom is 0.217 e. The van der Waals surface area contributed by atoms with Gasteiger partial charge in [0.2, 0.25) is 5.91 Å². The summed E-state index contributed by atoms with van der Waals surface area (Å²) in [5.41, 5.74) is 0. The summed E-state index contributed by atoms with van der Waals surface area (Å²) in [5.74, 6) is -0.0806. The molecule has 0 aromatic heterocycles. The van der Waals surface area contributed by atoms with E-state index in [2.05, 4.69) is 15.3 Å². The Kier molecular flexibility index (Phi) is 2.04. The summed E-state index contributed by atoms with van der Waals surface area (Å²) in [6.07, 6.45) is 4.65. The lowest BCUT2D eigenvalue weighted by atomic mass is 10.3. The Hall–Kier alpha value is -1.32. The molecule has 1 heterocycles. The van der Waals surface area contributed by atoms with E-state index in [9.17, 15) is 4.79 Å². The number of oxime groups is 1. The van der Waals surface area contributed by atoms with Crippen LogP contribution in [0.2, 0.25) is 0 Å². The first kappa shape index (κ1) is 6.80. The summed E-state index contributed by atoms with van der Waals surface area (Å²) in [5, 5.41) is 6.11. The first-order chi connectivity index (χ1) is 4.79. The van der Waals surface area contributed by atoms with Gasteiger partial charge in [-0.25, -0.2) is 0 Å². The van der Waals surface area contributed by atoms with E-state index in [1.165, 1.54) is 19.4 Å². The second kappa shape index (κ2) is 3.00. The molecule has 1 rings (SSSR count). The van der Waals surface area contributed by atoms with Crippen LogP contribution in [0.15, 0.2) is 17.5 Å². The Morgan fingerprint density at radius 2 is 2.60 bits per heavy atom. The lowest BCUT2D eigenvalue weighted by Gasteiger charge is -2.09. The van der Waals surface area contributed by atoms with Crippen LogP contribution < -0.4 is 5.32 Å². The van der Waals surface area contributed by atoms with Crippen molar-refractivity contribution in [3.63, 3.8) is 0 Å². The number of nitrogens with zero attached hydrogens (tertiary/aromatic N) is 1. The van der Waals surface area contributed by atoms with E-state index in [1.807, 2.05) is 0 Å². The second-order valence-corrected chi connectivity index (χ2v) is 1.91. The molecule has 0 radical (unpaired) electrons. The fourth-order valence-corrected chi connectivity index (χ4v) is 0.625. The highest BCUT2D eigenvalue weighted by Gasteiger charge is 2.04. The number of hydrogen-bond acceptors (Lipinski definition) is 3. The van der Waals surface area contributed by atoms with Crippen molar-refractivity contribution < 1.29 is 9.63 Å². The van der Waals surface area contributed by atoms with Gasteiger partial charge in [0, 0.05) is 6.92 Å². The van der Waals surface area contributed by atoms with Crippen LogP contribution in [0.1, 0.15) is 6.92 Å². The Morgan fingerprint density at radius 1 is 1.80 bits per heavy atom. The number of carbonyl (C=O) groups excluding carboxylic acids is 1. The quantitative estimate of drug-likeness (QED) is 0.558. The molecule has 0 aromatic rings. The van der Waals surface area contributed by atoms with Crippen molar-refractivity contribution in [3.05, 3.63) is 12.3 Å². The van der Waals surface area contributed by atoms with Gasteiger partial charge in [-0.1, -0.05) is 5.16 Å². The van der Waals surface area contributed by atoms with Crippen LogP contribution in [0.3, 0.4) is 0 Å². The van der Waals surface area contributed by atoms with Crippen LogP contribution in [0.4, 0.5) is 0 Å². The average Bonchev–Trinajstić information content (AvgIpc) is 1.88. The van der Waals surface area contributed by atoms with E-state index >= 15 is 0 Å². The Morgan fingerprint density at radius 3 is 3.10 bits per heavy atom. The van der Waals surface area contributed by atoms with Gasteiger partial charge in [0.15, 0.2) is 0 Å². The van der Waals surface area contributed by atoms with Crippen LogP contribution in [-0.4, -0.2) is 18.2 Å². The molecule has 1 N–H and O–H groups in total. The number of nitrogens with one attached hydrogen (secondary N) is 1. The zero-order valence-corrected chi connectivity index (χ0v) is 5.57. The molecule has 0 saturated carbocycles. The number of amides is 1. The monoisotopic (exact) mass is 140 g/mol. The zero-order chi connectivity index (χ0) is 7.40. The molecule has 1 amide bonds. The van der Waals surface area contributed by atoms with E-state index in [1.54, 1.807) is 6.08 Å². The number of hydrogen-bond donors (Lipinski definition) is 1. The topological polar surface area (TPSA) is 50.7 Å². The minimum absolute atomic E-state index is 0.0806. The highest BCUT2D eigenvalue weighted by Crippen LogP contribution is 1.92. The molecule has 0 fully saturated rings. The normalized spacial score (nSPS) is 21.9. The summed E-state index contributed by atoms with van der Waals surface area (Å²) >= 11 is 0. The van der Waals surface area contributed by atoms with Crippen molar-refractivity contribution in [1.82, 2.24) is 5.32 Å². The lowest BCUT2D eigenvalue weighted by Crippen LogP contribution is -2.33. The van der Waals surface area contributed by atoms with Crippen LogP contribution in [0.5, 0.6) is 0 Å². The third-order valence-corrected chi connectivity index (χ3v) is 0.999. The van der Waals surface area contributed by atoms with Crippen molar-refractivity contribution in [2.45, 2.75) is 13.0 Å². The van der Waals surface area contributed by atoms with E-state index in [-0.39, 0.29) is 11.9 Å². The summed E-state index contributed by atoms with van der Waals surface area (Å²) in [4.78, 5) is 15.0. The minimum atomic E-state index is -0.119. The van der Waals surface area contributed by atoms with Gasteiger partial charge in [0.25, 0.3) is 0 Å². The SMILES string of the molecule is CC(=O)NC1C=CON=C1. The Bertz CT molecular complexity index is 174. The van der Waals surface area contributed by atoms with Gasteiger partial charge in [-0.2, -0.15) is 0 Å².